The summed E-state index contributed by atoms with van der Waals surface area (Å²) in [6.07, 6.45) is 3.82. The van der Waals surface area contributed by atoms with Gasteiger partial charge in [-0.2, -0.15) is 0 Å². The minimum absolute atomic E-state index is 0.728. The summed E-state index contributed by atoms with van der Waals surface area (Å²) >= 11 is 0. The Kier molecular flexibility index (Phi) is 5.56. The summed E-state index contributed by atoms with van der Waals surface area (Å²) in [5, 5.41) is 0. The third-order valence-corrected chi connectivity index (χ3v) is 3.40. The quantitative estimate of drug-likeness (QED) is 0.840. The second kappa shape index (κ2) is 7.65. The Labute approximate surface area is 121 Å². The van der Waals surface area contributed by atoms with Crippen molar-refractivity contribution in [3.63, 3.8) is 0 Å². The fourth-order valence-electron chi connectivity index (χ4n) is 2.20. The third kappa shape index (κ3) is 4.35. The minimum Gasteiger partial charge on any atom is -0.371 e. The van der Waals surface area contributed by atoms with E-state index in [4.69, 9.17) is 5.73 Å². The van der Waals surface area contributed by atoms with Crippen LogP contribution >= 0.6 is 0 Å². The molecule has 1 heterocycles. The van der Waals surface area contributed by atoms with Crippen molar-refractivity contribution in [2.45, 2.75) is 19.8 Å². The average Bonchev–Trinajstić information content (AvgIpc) is 2.50. The van der Waals surface area contributed by atoms with E-state index in [1.54, 1.807) is 0 Å². The molecule has 2 N–H and O–H groups in total. The van der Waals surface area contributed by atoms with E-state index in [-0.39, 0.29) is 0 Å². The number of rotatable bonds is 7. The largest absolute Gasteiger partial charge is 0.371 e. The molecule has 0 radical (unpaired) electrons. The van der Waals surface area contributed by atoms with Crippen molar-refractivity contribution in [3.05, 3.63) is 59.9 Å². The highest BCUT2D eigenvalue weighted by atomic mass is 15.1. The van der Waals surface area contributed by atoms with Crippen molar-refractivity contribution in [1.82, 2.24) is 4.98 Å². The molecule has 0 atom stereocenters. The van der Waals surface area contributed by atoms with Gasteiger partial charge in [0, 0.05) is 37.1 Å². The van der Waals surface area contributed by atoms with Crippen molar-refractivity contribution in [3.8, 4) is 0 Å². The lowest BCUT2D eigenvalue weighted by Crippen LogP contribution is -2.28. The van der Waals surface area contributed by atoms with E-state index in [2.05, 4.69) is 47.1 Å². The molecule has 0 aliphatic rings. The van der Waals surface area contributed by atoms with Crippen LogP contribution in [0.3, 0.4) is 0 Å². The Bertz CT molecular complexity index is 493. The van der Waals surface area contributed by atoms with Gasteiger partial charge < -0.3 is 10.6 Å². The van der Waals surface area contributed by atoms with Gasteiger partial charge in [-0.1, -0.05) is 23.8 Å². The molecule has 0 amide bonds. The monoisotopic (exact) mass is 269 g/mol. The topological polar surface area (TPSA) is 42.1 Å². The molecule has 0 aliphatic heterocycles. The van der Waals surface area contributed by atoms with Gasteiger partial charge in [0.05, 0.1) is 0 Å². The molecule has 2 rings (SSSR count). The molecule has 0 unspecified atom stereocenters. The number of anilines is 1. The van der Waals surface area contributed by atoms with Crippen LogP contribution in [-0.4, -0.2) is 24.6 Å². The van der Waals surface area contributed by atoms with Gasteiger partial charge in [0.15, 0.2) is 0 Å². The Balaban J connectivity index is 2.01. The molecule has 0 aliphatic carbocycles. The summed E-state index contributed by atoms with van der Waals surface area (Å²) in [5.74, 6) is 0. The van der Waals surface area contributed by atoms with E-state index in [0.717, 1.165) is 38.2 Å². The predicted octanol–water partition coefficient (Wildman–Crippen LogP) is 2.79. The van der Waals surface area contributed by atoms with Crippen molar-refractivity contribution < 1.29 is 0 Å². The van der Waals surface area contributed by atoms with E-state index >= 15 is 0 Å². The lowest BCUT2D eigenvalue weighted by molar-refractivity contribution is 0.723. The van der Waals surface area contributed by atoms with Gasteiger partial charge in [-0.25, -0.2) is 0 Å². The van der Waals surface area contributed by atoms with Crippen molar-refractivity contribution in [2.24, 2.45) is 5.73 Å². The van der Waals surface area contributed by atoms with Crippen LogP contribution in [0.1, 0.15) is 17.7 Å². The lowest BCUT2D eigenvalue weighted by Gasteiger charge is -2.24. The zero-order valence-electron chi connectivity index (χ0n) is 12.1. The van der Waals surface area contributed by atoms with Gasteiger partial charge in [0.2, 0.25) is 0 Å². The van der Waals surface area contributed by atoms with Crippen LogP contribution in [0, 0.1) is 6.92 Å². The van der Waals surface area contributed by atoms with Crippen LogP contribution in [0.25, 0.3) is 0 Å². The third-order valence-electron chi connectivity index (χ3n) is 3.40. The molecule has 0 bridgehead atoms. The van der Waals surface area contributed by atoms with Crippen LogP contribution in [0.4, 0.5) is 5.69 Å². The molecule has 1 aromatic carbocycles. The summed E-state index contributed by atoms with van der Waals surface area (Å²) in [6.45, 7) is 4.81. The molecule has 1 aromatic heterocycles. The Hall–Kier alpha value is -1.87. The Morgan fingerprint density at radius 2 is 1.85 bits per heavy atom. The molecular weight excluding hydrogens is 246 g/mol. The Morgan fingerprint density at radius 1 is 1.05 bits per heavy atom. The summed E-state index contributed by atoms with van der Waals surface area (Å²) in [6, 6.07) is 14.8. The van der Waals surface area contributed by atoms with Crippen LogP contribution < -0.4 is 10.6 Å². The molecule has 3 heteroatoms. The normalized spacial score (nSPS) is 10.5. The zero-order valence-corrected chi connectivity index (χ0v) is 12.1. The second-order valence-corrected chi connectivity index (χ2v) is 5.04. The molecule has 3 nitrogen and oxygen atoms in total. The first-order chi connectivity index (χ1) is 9.79. The second-order valence-electron chi connectivity index (χ2n) is 5.04. The lowest BCUT2D eigenvalue weighted by atomic mass is 10.2. The number of hydrogen-bond acceptors (Lipinski definition) is 3. The fraction of sp³-hybridized carbons (Fsp3) is 0.353. The number of pyridine rings is 1. The zero-order chi connectivity index (χ0) is 14.2. The molecule has 0 saturated carbocycles. The first kappa shape index (κ1) is 14.5. The predicted molar refractivity (Wildman–Crippen MR) is 85.0 cm³/mol. The molecule has 0 fully saturated rings. The highest BCUT2D eigenvalue weighted by molar-refractivity contribution is 5.47. The Morgan fingerprint density at radius 3 is 2.50 bits per heavy atom. The molecule has 2 aromatic rings. The van der Waals surface area contributed by atoms with Crippen LogP contribution in [-0.2, 0) is 6.42 Å². The molecular formula is C17H23N3. The number of nitrogens with two attached hydrogens (primary N) is 1. The number of aryl methyl sites for hydroxylation is 1. The standard InChI is InChI=1S/C17H23N3/c1-15-6-8-17(9-7-15)20(13-4-11-18)14-10-16-5-2-3-12-19-16/h2-3,5-9,12H,4,10-11,13-14,18H2,1H3. The van der Waals surface area contributed by atoms with Gasteiger partial charge in [0.25, 0.3) is 0 Å². The molecule has 0 saturated heterocycles. The maximum atomic E-state index is 5.65. The summed E-state index contributed by atoms with van der Waals surface area (Å²) < 4.78 is 0. The number of hydrogen-bond donors (Lipinski definition) is 1. The van der Waals surface area contributed by atoms with Gasteiger partial charge in [-0.3, -0.25) is 4.98 Å². The fourth-order valence-corrected chi connectivity index (χ4v) is 2.20. The van der Waals surface area contributed by atoms with E-state index < -0.39 is 0 Å². The van der Waals surface area contributed by atoms with Gasteiger partial charge >= 0.3 is 0 Å². The van der Waals surface area contributed by atoms with Gasteiger partial charge in [-0.15, -0.1) is 0 Å². The van der Waals surface area contributed by atoms with Gasteiger partial charge in [0.1, 0.15) is 0 Å². The maximum Gasteiger partial charge on any atom is 0.0421 e. The van der Waals surface area contributed by atoms with E-state index in [9.17, 15) is 0 Å². The SMILES string of the molecule is Cc1ccc(N(CCCN)CCc2ccccn2)cc1. The summed E-state index contributed by atoms with van der Waals surface area (Å²) in [7, 11) is 0. The summed E-state index contributed by atoms with van der Waals surface area (Å²) in [5.41, 5.74) is 9.34. The van der Waals surface area contributed by atoms with Crippen LogP contribution in [0.15, 0.2) is 48.7 Å². The number of nitrogens with zero attached hydrogens (tertiary/aromatic N) is 2. The number of aromatic nitrogens is 1. The van der Waals surface area contributed by atoms with Crippen molar-refractivity contribution in [1.29, 1.82) is 0 Å². The highest BCUT2D eigenvalue weighted by Gasteiger charge is 2.06. The average molecular weight is 269 g/mol. The van der Waals surface area contributed by atoms with Crippen molar-refractivity contribution in [2.75, 3.05) is 24.5 Å². The van der Waals surface area contributed by atoms with Crippen molar-refractivity contribution >= 4 is 5.69 Å². The minimum atomic E-state index is 0.728. The molecule has 0 spiro atoms. The van der Waals surface area contributed by atoms with Crippen LogP contribution in [0.2, 0.25) is 0 Å². The maximum absolute atomic E-state index is 5.65. The number of benzene rings is 1. The first-order valence-corrected chi connectivity index (χ1v) is 7.21. The smallest absolute Gasteiger partial charge is 0.0421 e. The first-order valence-electron chi connectivity index (χ1n) is 7.21. The molecule has 106 valence electrons. The highest BCUT2D eigenvalue weighted by Crippen LogP contribution is 2.16. The van der Waals surface area contributed by atoms with Gasteiger partial charge in [-0.05, 0) is 44.2 Å². The van der Waals surface area contributed by atoms with Crippen LogP contribution in [0.5, 0.6) is 0 Å². The van der Waals surface area contributed by atoms with E-state index in [0.29, 0.717) is 0 Å². The summed E-state index contributed by atoms with van der Waals surface area (Å²) in [4.78, 5) is 6.78. The van der Waals surface area contributed by atoms with E-state index in [1.165, 1.54) is 11.3 Å². The molecule has 20 heavy (non-hydrogen) atoms. The van der Waals surface area contributed by atoms with E-state index in [1.807, 2.05) is 18.3 Å².